The summed E-state index contributed by atoms with van der Waals surface area (Å²) in [6.45, 7) is 5.24. The van der Waals surface area contributed by atoms with Crippen molar-refractivity contribution in [3.05, 3.63) is 17.0 Å². The van der Waals surface area contributed by atoms with E-state index in [9.17, 15) is 18.0 Å². The number of carbonyl (C=O) groups is 1. The molecule has 0 N–H and O–H groups in total. The minimum Gasteiger partial charge on any atom is -0.444 e. The summed E-state index contributed by atoms with van der Waals surface area (Å²) in [4.78, 5) is 13.7. The fourth-order valence-corrected chi connectivity index (χ4v) is 3.48. The predicted octanol–water partition coefficient (Wildman–Crippen LogP) is 3.65. The number of halogens is 3. The van der Waals surface area contributed by atoms with Gasteiger partial charge in [0, 0.05) is 31.5 Å². The second-order valence-corrected chi connectivity index (χ2v) is 7.87. The Balaban J connectivity index is 1.88. The molecule has 2 aliphatic rings. The highest BCUT2D eigenvalue weighted by Crippen LogP contribution is 2.42. The molecule has 25 heavy (non-hydrogen) atoms. The molecule has 0 saturated heterocycles. The Kier molecular flexibility index (Phi) is 4.49. The molecule has 0 spiro atoms. The van der Waals surface area contributed by atoms with E-state index in [1.54, 1.807) is 20.8 Å². The third-order valence-electron chi connectivity index (χ3n) is 4.61. The van der Waals surface area contributed by atoms with Crippen molar-refractivity contribution in [2.75, 3.05) is 13.2 Å². The largest absolute Gasteiger partial charge is 0.444 e. The van der Waals surface area contributed by atoms with Crippen LogP contribution in [-0.2, 0) is 30.2 Å². The van der Waals surface area contributed by atoms with Gasteiger partial charge in [0.2, 0.25) is 0 Å². The molecular weight excluding hydrogens is 335 g/mol. The third-order valence-corrected chi connectivity index (χ3v) is 4.61. The van der Waals surface area contributed by atoms with E-state index in [1.165, 1.54) is 9.58 Å². The molecule has 5 nitrogen and oxygen atoms in total. The van der Waals surface area contributed by atoms with Gasteiger partial charge >= 0.3 is 6.09 Å². The van der Waals surface area contributed by atoms with Crippen LogP contribution in [0.3, 0.4) is 0 Å². The van der Waals surface area contributed by atoms with E-state index in [1.807, 2.05) is 0 Å². The van der Waals surface area contributed by atoms with Gasteiger partial charge in [0.25, 0.3) is 5.92 Å². The van der Waals surface area contributed by atoms with Gasteiger partial charge < -0.3 is 9.64 Å². The van der Waals surface area contributed by atoms with Crippen LogP contribution in [0.5, 0.6) is 0 Å². The quantitative estimate of drug-likeness (QED) is 0.769. The van der Waals surface area contributed by atoms with Crippen molar-refractivity contribution in [2.24, 2.45) is 5.92 Å². The third kappa shape index (κ3) is 3.62. The molecule has 0 aromatic carbocycles. The molecule has 2 aliphatic heterocycles. The van der Waals surface area contributed by atoms with Crippen LogP contribution in [0.4, 0.5) is 18.0 Å². The van der Waals surface area contributed by atoms with Gasteiger partial charge in [0.05, 0.1) is 18.9 Å². The van der Waals surface area contributed by atoms with E-state index >= 15 is 0 Å². The minimum atomic E-state index is -3.15. The molecule has 3 heterocycles. The lowest BCUT2D eigenvalue weighted by Crippen LogP contribution is -2.40. The van der Waals surface area contributed by atoms with E-state index in [0.717, 1.165) is 0 Å². The lowest BCUT2D eigenvalue weighted by atomic mass is 9.95. The molecule has 1 amide bonds. The molecule has 0 radical (unpaired) electrons. The lowest BCUT2D eigenvalue weighted by Gasteiger charge is -2.30. The molecule has 1 aromatic heterocycles. The molecule has 1 aromatic rings. The number of carbonyl (C=O) groups excluding carboxylic acids is 1. The van der Waals surface area contributed by atoms with Crippen LogP contribution < -0.4 is 0 Å². The minimum absolute atomic E-state index is 0.0511. The van der Waals surface area contributed by atoms with Crippen molar-refractivity contribution in [1.82, 2.24) is 14.7 Å². The highest BCUT2D eigenvalue weighted by molar-refractivity contribution is 5.68. The molecule has 140 valence electrons. The van der Waals surface area contributed by atoms with E-state index < -0.39 is 36.6 Å². The lowest BCUT2D eigenvalue weighted by molar-refractivity contribution is -0.0353. The number of ether oxygens (including phenoxy) is 1. The Morgan fingerprint density at radius 2 is 2.08 bits per heavy atom. The van der Waals surface area contributed by atoms with Gasteiger partial charge in [0.15, 0.2) is 0 Å². The van der Waals surface area contributed by atoms with Crippen molar-refractivity contribution in [3.63, 3.8) is 0 Å². The van der Waals surface area contributed by atoms with Gasteiger partial charge in [-0.25, -0.2) is 4.79 Å². The number of nitrogens with zero attached hydrogens (tertiary/aromatic N) is 3. The van der Waals surface area contributed by atoms with Crippen molar-refractivity contribution < 1.29 is 22.7 Å². The Morgan fingerprint density at radius 1 is 1.36 bits per heavy atom. The smallest absolute Gasteiger partial charge is 0.410 e. The first-order chi connectivity index (χ1) is 11.6. The summed E-state index contributed by atoms with van der Waals surface area (Å²) in [5.74, 6) is -3.82. The topological polar surface area (TPSA) is 47.4 Å². The van der Waals surface area contributed by atoms with Crippen LogP contribution in [0.15, 0.2) is 0 Å². The number of hydrogen-bond acceptors (Lipinski definition) is 3. The first kappa shape index (κ1) is 18.1. The normalized spacial score (nSPS) is 22.8. The van der Waals surface area contributed by atoms with Crippen LogP contribution in [0.1, 0.15) is 50.6 Å². The Labute approximate surface area is 145 Å². The summed E-state index contributed by atoms with van der Waals surface area (Å²) in [5, 5.41) is 4.32. The van der Waals surface area contributed by atoms with Gasteiger partial charge in [-0.3, -0.25) is 9.07 Å². The maximum absolute atomic E-state index is 14.8. The summed E-state index contributed by atoms with van der Waals surface area (Å²) in [6.07, 6.45) is -0.280. The second-order valence-electron chi connectivity index (χ2n) is 7.87. The molecular formula is C17H24F3N3O2. The van der Waals surface area contributed by atoms with Gasteiger partial charge in [-0.1, -0.05) is 0 Å². The molecule has 1 unspecified atom stereocenters. The second kappa shape index (κ2) is 6.21. The summed E-state index contributed by atoms with van der Waals surface area (Å²) in [5.41, 5.74) is 0.187. The van der Waals surface area contributed by atoms with E-state index in [0.29, 0.717) is 30.6 Å². The summed E-state index contributed by atoms with van der Waals surface area (Å²) in [7, 11) is 0. The average molecular weight is 359 g/mol. The van der Waals surface area contributed by atoms with Crippen LogP contribution in [0, 0.1) is 5.92 Å². The van der Waals surface area contributed by atoms with Gasteiger partial charge in [-0.2, -0.15) is 13.9 Å². The van der Waals surface area contributed by atoms with E-state index in [-0.39, 0.29) is 18.8 Å². The van der Waals surface area contributed by atoms with Gasteiger partial charge in [0.1, 0.15) is 11.3 Å². The number of alkyl halides is 3. The zero-order chi connectivity index (χ0) is 18.4. The van der Waals surface area contributed by atoms with Crippen LogP contribution in [0.25, 0.3) is 0 Å². The van der Waals surface area contributed by atoms with Crippen LogP contribution in [0.2, 0.25) is 0 Å². The SMILES string of the molecule is CC(C)(C)OC(=O)N1CCc2nn3c(c2C1)C(F)(F)CC(CF)CC3. The van der Waals surface area contributed by atoms with Gasteiger partial charge in [-0.05, 0) is 33.1 Å². The van der Waals surface area contributed by atoms with Crippen molar-refractivity contribution in [3.8, 4) is 0 Å². The molecule has 1 atom stereocenters. The Hall–Kier alpha value is -1.73. The Morgan fingerprint density at radius 3 is 2.72 bits per heavy atom. The number of aromatic nitrogens is 2. The van der Waals surface area contributed by atoms with Crippen molar-refractivity contribution in [2.45, 2.75) is 64.6 Å². The molecule has 3 rings (SSSR count). The van der Waals surface area contributed by atoms with Gasteiger partial charge in [-0.15, -0.1) is 0 Å². The number of amides is 1. The van der Waals surface area contributed by atoms with Crippen LogP contribution in [-0.4, -0.2) is 39.6 Å². The molecule has 0 saturated carbocycles. The highest BCUT2D eigenvalue weighted by atomic mass is 19.3. The van der Waals surface area contributed by atoms with Crippen molar-refractivity contribution >= 4 is 6.09 Å². The maximum Gasteiger partial charge on any atom is 0.410 e. The average Bonchev–Trinajstić information content (AvgIpc) is 2.81. The number of rotatable bonds is 1. The highest BCUT2D eigenvalue weighted by Gasteiger charge is 2.45. The molecule has 0 fully saturated rings. The summed E-state index contributed by atoms with van der Waals surface area (Å²) in [6, 6.07) is 0. The summed E-state index contributed by atoms with van der Waals surface area (Å²) >= 11 is 0. The monoisotopic (exact) mass is 359 g/mol. The molecule has 0 aliphatic carbocycles. The van der Waals surface area contributed by atoms with Crippen LogP contribution >= 0.6 is 0 Å². The summed E-state index contributed by atoms with van der Waals surface area (Å²) < 4.78 is 49.1. The number of fused-ring (bicyclic) bond motifs is 3. The van der Waals surface area contributed by atoms with E-state index in [2.05, 4.69) is 5.10 Å². The molecule has 8 heteroatoms. The fourth-order valence-electron chi connectivity index (χ4n) is 3.48. The first-order valence-corrected chi connectivity index (χ1v) is 8.61. The maximum atomic E-state index is 14.8. The molecule has 0 bridgehead atoms. The number of aryl methyl sites for hydroxylation is 1. The number of hydrogen-bond donors (Lipinski definition) is 0. The standard InChI is InChI=1S/C17H24F3N3O2/c1-16(2,3)25-15(24)22-6-5-13-12(10-22)14-17(19,20)8-11(9-18)4-7-23(14)21-13/h11H,4-10H2,1-3H3. The zero-order valence-electron chi connectivity index (χ0n) is 14.8. The van der Waals surface area contributed by atoms with E-state index in [4.69, 9.17) is 4.74 Å². The van der Waals surface area contributed by atoms with Crippen molar-refractivity contribution in [1.29, 1.82) is 0 Å². The Bertz CT molecular complexity index is 667. The zero-order valence-corrected chi connectivity index (χ0v) is 14.8. The predicted molar refractivity (Wildman–Crippen MR) is 85.2 cm³/mol. The fraction of sp³-hybridized carbons (Fsp3) is 0.765. The first-order valence-electron chi connectivity index (χ1n) is 8.61.